The second-order valence-electron chi connectivity index (χ2n) is 6.35. The molecule has 114 valence electrons. The lowest BCUT2D eigenvalue weighted by Crippen LogP contribution is -2.26. The van der Waals surface area contributed by atoms with Crippen molar-refractivity contribution in [2.75, 3.05) is 18.4 Å². The van der Waals surface area contributed by atoms with Gasteiger partial charge in [-0.3, -0.25) is 4.90 Å². The molecule has 4 nitrogen and oxygen atoms in total. The lowest BCUT2D eigenvalue weighted by molar-refractivity contribution is 0.328. The number of hydrogen-bond donors (Lipinski definition) is 1. The first kappa shape index (κ1) is 13.7. The van der Waals surface area contributed by atoms with Crippen molar-refractivity contribution in [2.24, 2.45) is 0 Å². The number of fused-ring (bicyclic) bond motifs is 1. The standard InChI is InChI=1S/C18H22N4/c1-2-5-14(6-3-1)11-22-10-9-15(12-22)21-18-16-7-4-8-17(16)19-13-20-18/h1-3,5-6,13,15H,4,7-12H2,(H,19,20,21). The zero-order chi connectivity index (χ0) is 14.8. The maximum Gasteiger partial charge on any atom is 0.133 e. The van der Waals surface area contributed by atoms with Gasteiger partial charge in [0.2, 0.25) is 0 Å². The second-order valence-corrected chi connectivity index (χ2v) is 6.35. The molecule has 1 unspecified atom stereocenters. The molecule has 0 saturated carbocycles. The Balaban J connectivity index is 1.39. The average molecular weight is 294 g/mol. The van der Waals surface area contributed by atoms with Crippen LogP contribution in [0.3, 0.4) is 0 Å². The summed E-state index contributed by atoms with van der Waals surface area (Å²) in [4.78, 5) is 11.4. The Kier molecular flexibility index (Phi) is 3.77. The van der Waals surface area contributed by atoms with E-state index >= 15 is 0 Å². The molecule has 4 rings (SSSR count). The Morgan fingerprint density at radius 2 is 2.05 bits per heavy atom. The van der Waals surface area contributed by atoms with Crippen LogP contribution in [0.25, 0.3) is 0 Å². The molecule has 0 radical (unpaired) electrons. The highest BCUT2D eigenvalue weighted by Gasteiger charge is 2.25. The minimum atomic E-state index is 0.503. The summed E-state index contributed by atoms with van der Waals surface area (Å²) in [6, 6.07) is 11.2. The fraction of sp³-hybridized carbons (Fsp3) is 0.444. The fourth-order valence-electron chi connectivity index (χ4n) is 3.61. The van der Waals surface area contributed by atoms with Gasteiger partial charge in [0, 0.05) is 36.9 Å². The number of rotatable bonds is 4. The van der Waals surface area contributed by atoms with E-state index in [0.29, 0.717) is 6.04 Å². The Morgan fingerprint density at radius 3 is 2.95 bits per heavy atom. The SMILES string of the molecule is c1ccc(CN2CCC(Nc3ncnc4c3CCC4)C2)cc1. The normalized spacial score (nSPS) is 21.0. The van der Waals surface area contributed by atoms with Gasteiger partial charge in [0.25, 0.3) is 0 Å². The van der Waals surface area contributed by atoms with Crippen LogP contribution in [0.2, 0.25) is 0 Å². The van der Waals surface area contributed by atoms with Crippen molar-refractivity contribution in [2.45, 2.75) is 38.3 Å². The molecule has 1 N–H and O–H groups in total. The highest BCUT2D eigenvalue weighted by Crippen LogP contribution is 2.26. The number of nitrogens with zero attached hydrogens (tertiary/aromatic N) is 3. The maximum absolute atomic E-state index is 4.48. The molecular formula is C18H22N4. The van der Waals surface area contributed by atoms with Gasteiger partial charge in [-0.05, 0) is 31.2 Å². The summed E-state index contributed by atoms with van der Waals surface area (Å²) in [5, 5.41) is 3.66. The molecule has 1 aromatic heterocycles. The van der Waals surface area contributed by atoms with Gasteiger partial charge in [-0.25, -0.2) is 9.97 Å². The Morgan fingerprint density at radius 1 is 1.14 bits per heavy atom. The summed E-state index contributed by atoms with van der Waals surface area (Å²) >= 11 is 0. The molecule has 0 spiro atoms. The van der Waals surface area contributed by atoms with Crippen LogP contribution >= 0.6 is 0 Å². The topological polar surface area (TPSA) is 41.0 Å². The maximum atomic E-state index is 4.48. The Hall–Kier alpha value is -1.94. The van der Waals surface area contributed by atoms with E-state index in [1.165, 1.54) is 29.7 Å². The number of aryl methyl sites for hydroxylation is 1. The van der Waals surface area contributed by atoms with Crippen molar-refractivity contribution in [3.05, 3.63) is 53.5 Å². The van der Waals surface area contributed by atoms with Gasteiger partial charge in [-0.15, -0.1) is 0 Å². The third kappa shape index (κ3) is 2.83. The predicted octanol–water partition coefficient (Wildman–Crippen LogP) is 2.65. The largest absolute Gasteiger partial charge is 0.366 e. The number of anilines is 1. The molecule has 1 aliphatic heterocycles. The molecule has 1 aromatic carbocycles. The molecule has 0 bridgehead atoms. The van der Waals surface area contributed by atoms with E-state index in [2.05, 4.69) is 50.5 Å². The van der Waals surface area contributed by atoms with Gasteiger partial charge >= 0.3 is 0 Å². The lowest BCUT2D eigenvalue weighted by Gasteiger charge is -2.18. The Bertz CT molecular complexity index is 641. The van der Waals surface area contributed by atoms with Gasteiger partial charge in [-0.1, -0.05) is 30.3 Å². The summed E-state index contributed by atoms with van der Waals surface area (Å²) in [6.45, 7) is 3.29. The zero-order valence-electron chi connectivity index (χ0n) is 12.8. The van der Waals surface area contributed by atoms with Crippen LogP contribution in [0.4, 0.5) is 5.82 Å². The second kappa shape index (κ2) is 6.05. The first-order valence-electron chi connectivity index (χ1n) is 8.24. The van der Waals surface area contributed by atoms with Gasteiger partial charge in [0.1, 0.15) is 12.1 Å². The Labute approximate surface area is 131 Å². The molecule has 2 aromatic rings. The van der Waals surface area contributed by atoms with E-state index in [0.717, 1.165) is 38.3 Å². The monoisotopic (exact) mass is 294 g/mol. The summed E-state index contributed by atoms with van der Waals surface area (Å²) in [6.07, 6.45) is 6.35. The van der Waals surface area contributed by atoms with Crippen molar-refractivity contribution in [3.8, 4) is 0 Å². The first-order valence-corrected chi connectivity index (χ1v) is 8.24. The first-order chi connectivity index (χ1) is 10.9. The van der Waals surface area contributed by atoms with E-state index < -0.39 is 0 Å². The zero-order valence-corrected chi connectivity index (χ0v) is 12.8. The van der Waals surface area contributed by atoms with Gasteiger partial charge in [-0.2, -0.15) is 0 Å². The predicted molar refractivity (Wildman–Crippen MR) is 87.8 cm³/mol. The molecule has 2 aliphatic rings. The van der Waals surface area contributed by atoms with Crippen molar-refractivity contribution in [1.29, 1.82) is 0 Å². The van der Waals surface area contributed by atoms with E-state index in [1.54, 1.807) is 6.33 Å². The minimum absolute atomic E-state index is 0.503. The van der Waals surface area contributed by atoms with Crippen LogP contribution in [0.5, 0.6) is 0 Å². The molecule has 0 amide bonds. The van der Waals surface area contributed by atoms with E-state index in [9.17, 15) is 0 Å². The van der Waals surface area contributed by atoms with Crippen LogP contribution in [-0.2, 0) is 19.4 Å². The fourth-order valence-corrected chi connectivity index (χ4v) is 3.61. The molecular weight excluding hydrogens is 272 g/mol. The minimum Gasteiger partial charge on any atom is -0.366 e. The van der Waals surface area contributed by atoms with E-state index in [1.807, 2.05) is 0 Å². The number of benzene rings is 1. The van der Waals surface area contributed by atoms with Crippen LogP contribution in [-0.4, -0.2) is 34.0 Å². The quantitative estimate of drug-likeness (QED) is 0.941. The van der Waals surface area contributed by atoms with Crippen molar-refractivity contribution >= 4 is 5.82 Å². The highest BCUT2D eigenvalue weighted by molar-refractivity contribution is 5.48. The van der Waals surface area contributed by atoms with Gasteiger partial charge < -0.3 is 5.32 Å². The molecule has 1 saturated heterocycles. The molecule has 1 fully saturated rings. The highest BCUT2D eigenvalue weighted by atomic mass is 15.2. The summed E-state index contributed by atoms with van der Waals surface area (Å²) in [5.74, 6) is 1.08. The van der Waals surface area contributed by atoms with Crippen molar-refractivity contribution in [1.82, 2.24) is 14.9 Å². The van der Waals surface area contributed by atoms with Crippen LogP contribution in [0, 0.1) is 0 Å². The lowest BCUT2D eigenvalue weighted by atomic mass is 10.2. The summed E-state index contributed by atoms with van der Waals surface area (Å²) < 4.78 is 0. The third-order valence-corrected chi connectivity index (χ3v) is 4.74. The van der Waals surface area contributed by atoms with Gasteiger partial charge in [0.15, 0.2) is 0 Å². The van der Waals surface area contributed by atoms with Gasteiger partial charge in [0.05, 0.1) is 0 Å². The summed E-state index contributed by atoms with van der Waals surface area (Å²) in [5.41, 5.74) is 3.99. The number of aromatic nitrogens is 2. The molecule has 4 heteroatoms. The molecule has 22 heavy (non-hydrogen) atoms. The van der Waals surface area contributed by atoms with Crippen LogP contribution in [0.15, 0.2) is 36.7 Å². The molecule has 2 heterocycles. The number of nitrogens with one attached hydrogen (secondary N) is 1. The third-order valence-electron chi connectivity index (χ3n) is 4.74. The van der Waals surface area contributed by atoms with E-state index in [4.69, 9.17) is 0 Å². The average Bonchev–Trinajstić information content (AvgIpc) is 3.18. The number of hydrogen-bond acceptors (Lipinski definition) is 4. The van der Waals surface area contributed by atoms with Crippen molar-refractivity contribution < 1.29 is 0 Å². The van der Waals surface area contributed by atoms with Crippen molar-refractivity contribution in [3.63, 3.8) is 0 Å². The van der Waals surface area contributed by atoms with E-state index in [-0.39, 0.29) is 0 Å². The summed E-state index contributed by atoms with van der Waals surface area (Å²) in [7, 11) is 0. The van der Waals surface area contributed by atoms with Crippen LogP contribution in [0.1, 0.15) is 29.7 Å². The molecule has 1 atom stereocenters. The molecule has 1 aliphatic carbocycles. The number of likely N-dealkylation sites (tertiary alicyclic amines) is 1. The van der Waals surface area contributed by atoms with Crippen LogP contribution < -0.4 is 5.32 Å². The smallest absolute Gasteiger partial charge is 0.133 e.